The van der Waals surface area contributed by atoms with Gasteiger partial charge in [-0.2, -0.15) is 18.2 Å². The molecule has 3 aromatic rings. The van der Waals surface area contributed by atoms with E-state index in [2.05, 4.69) is 15.5 Å². The van der Waals surface area contributed by atoms with E-state index in [4.69, 9.17) is 19.7 Å². The zero-order valence-electron chi connectivity index (χ0n) is 19.9. The summed E-state index contributed by atoms with van der Waals surface area (Å²) in [5.74, 6) is -0.242. The van der Waals surface area contributed by atoms with Gasteiger partial charge in [-0.05, 0) is 24.6 Å². The van der Waals surface area contributed by atoms with Crippen LogP contribution in [0, 0.1) is 5.41 Å². The van der Waals surface area contributed by atoms with Gasteiger partial charge in [-0.15, -0.1) is 0 Å². The number of nitrogens with one attached hydrogen (secondary N) is 1. The van der Waals surface area contributed by atoms with Gasteiger partial charge in [0.1, 0.15) is 12.7 Å². The van der Waals surface area contributed by atoms with Crippen molar-refractivity contribution in [2.75, 3.05) is 18.5 Å². The lowest BCUT2D eigenvalue weighted by atomic mass is 9.89. The minimum Gasteiger partial charge on any atom is -0.436 e. The van der Waals surface area contributed by atoms with Crippen molar-refractivity contribution in [1.82, 2.24) is 14.7 Å². The molecule has 0 spiro atoms. The highest BCUT2D eigenvalue weighted by Crippen LogP contribution is 2.38. The van der Waals surface area contributed by atoms with Crippen molar-refractivity contribution < 1.29 is 36.4 Å². The second-order valence-electron chi connectivity index (χ2n) is 9.74. The third kappa shape index (κ3) is 5.55. The van der Waals surface area contributed by atoms with Gasteiger partial charge in [-0.1, -0.05) is 32.0 Å². The fourth-order valence-corrected chi connectivity index (χ4v) is 4.17. The first-order valence-electron chi connectivity index (χ1n) is 11.3. The normalized spacial score (nSPS) is 19.9. The molecule has 3 atom stereocenters. The van der Waals surface area contributed by atoms with Crippen molar-refractivity contribution in [3.05, 3.63) is 30.2 Å². The Morgan fingerprint density at radius 2 is 2.08 bits per heavy atom. The fraction of sp³-hybridized carbons (Fsp3) is 0.522. The average Bonchev–Trinajstić information content (AvgIpc) is 3.37. The first-order valence-corrected chi connectivity index (χ1v) is 11.3. The molecular weight excluding hydrogens is 486 g/mol. The van der Waals surface area contributed by atoms with Crippen LogP contribution < -0.4 is 11.1 Å². The minimum absolute atomic E-state index is 0.0297. The van der Waals surface area contributed by atoms with E-state index in [9.17, 15) is 22.4 Å². The molecular formula is C23H27F4N5O4. The Hall–Kier alpha value is -3.35. The molecule has 1 fully saturated rings. The smallest absolute Gasteiger partial charge is 0.406 e. The summed E-state index contributed by atoms with van der Waals surface area (Å²) >= 11 is 0. The highest BCUT2D eigenvalue weighted by Gasteiger charge is 2.36. The van der Waals surface area contributed by atoms with E-state index in [0.29, 0.717) is 24.1 Å². The SMILES string of the molecule is CC(C)(C)C(OC(N)=O)c1nc(-c2cc3c(N[C@H]4CCOC[C@H]4F)cccc3n2CC(F)(F)F)no1. The molecule has 9 nitrogen and oxygen atoms in total. The second-order valence-corrected chi connectivity index (χ2v) is 9.74. The van der Waals surface area contributed by atoms with Crippen LogP contribution in [0.15, 0.2) is 28.8 Å². The summed E-state index contributed by atoms with van der Waals surface area (Å²) in [6.07, 6.45) is -7.48. The van der Waals surface area contributed by atoms with Gasteiger partial charge >= 0.3 is 12.3 Å². The first-order chi connectivity index (χ1) is 16.8. The lowest BCUT2D eigenvalue weighted by Gasteiger charge is -2.28. The number of aromatic nitrogens is 3. The highest BCUT2D eigenvalue weighted by atomic mass is 19.4. The van der Waals surface area contributed by atoms with Crippen LogP contribution in [0.2, 0.25) is 0 Å². The molecule has 2 aromatic heterocycles. The lowest BCUT2D eigenvalue weighted by Crippen LogP contribution is -2.39. The third-order valence-electron chi connectivity index (χ3n) is 5.83. The van der Waals surface area contributed by atoms with Crippen LogP contribution in [0.1, 0.15) is 39.2 Å². The summed E-state index contributed by atoms with van der Waals surface area (Å²) in [5, 5.41) is 7.41. The molecule has 3 heterocycles. The monoisotopic (exact) mass is 513 g/mol. The lowest BCUT2D eigenvalue weighted by molar-refractivity contribution is -0.139. The Morgan fingerprint density at radius 3 is 2.72 bits per heavy atom. The van der Waals surface area contributed by atoms with Crippen molar-refractivity contribution >= 4 is 22.7 Å². The van der Waals surface area contributed by atoms with Crippen LogP contribution in [0.25, 0.3) is 22.4 Å². The molecule has 1 amide bonds. The third-order valence-corrected chi connectivity index (χ3v) is 5.83. The van der Waals surface area contributed by atoms with Crippen molar-refractivity contribution in [2.45, 2.75) is 58.2 Å². The molecule has 196 valence electrons. The van der Waals surface area contributed by atoms with Crippen LogP contribution in [0.4, 0.5) is 28.0 Å². The molecule has 0 bridgehead atoms. The summed E-state index contributed by atoms with van der Waals surface area (Å²) in [6.45, 7) is 4.25. The van der Waals surface area contributed by atoms with Gasteiger partial charge in [0.2, 0.25) is 5.82 Å². The summed E-state index contributed by atoms with van der Waals surface area (Å²) in [7, 11) is 0. The molecule has 1 aliphatic heterocycles. The molecule has 1 saturated heterocycles. The topological polar surface area (TPSA) is 117 Å². The van der Waals surface area contributed by atoms with Crippen LogP contribution in [-0.2, 0) is 16.0 Å². The number of alkyl halides is 4. The Labute approximate surface area is 203 Å². The van der Waals surface area contributed by atoms with Gasteiger partial charge < -0.3 is 29.6 Å². The van der Waals surface area contributed by atoms with Crippen molar-refractivity contribution in [2.24, 2.45) is 11.1 Å². The largest absolute Gasteiger partial charge is 0.436 e. The van der Waals surface area contributed by atoms with E-state index < -0.39 is 42.5 Å². The van der Waals surface area contributed by atoms with Crippen molar-refractivity contribution in [3.63, 3.8) is 0 Å². The molecule has 1 aliphatic rings. The summed E-state index contributed by atoms with van der Waals surface area (Å²) in [5.41, 5.74) is 5.23. The maximum absolute atomic E-state index is 14.4. The molecule has 36 heavy (non-hydrogen) atoms. The van der Waals surface area contributed by atoms with Crippen LogP contribution in [0.3, 0.4) is 0 Å². The maximum atomic E-state index is 14.4. The van der Waals surface area contributed by atoms with Crippen molar-refractivity contribution in [3.8, 4) is 11.5 Å². The number of amides is 1. The molecule has 0 aliphatic carbocycles. The summed E-state index contributed by atoms with van der Waals surface area (Å²) < 4.78 is 71.6. The number of anilines is 1. The predicted octanol–water partition coefficient (Wildman–Crippen LogP) is 4.98. The van der Waals surface area contributed by atoms with E-state index in [1.54, 1.807) is 32.9 Å². The van der Waals surface area contributed by atoms with Crippen LogP contribution in [-0.4, -0.2) is 52.4 Å². The highest BCUT2D eigenvalue weighted by molar-refractivity contribution is 5.96. The number of fused-ring (bicyclic) bond motifs is 1. The van der Waals surface area contributed by atoms with Gasteiger partial charge in [0.05, 0.1) is 23.9 Å². The Morgan fingerprint density at radius 1 is 1.33 bits per heavy atom. The number of nitrogens with zero attached hydrogens (tertiary/aromatic N) is 3. The molecule has 0 saturated carbocycles. The van der Waals surface area contributed by atoms with E-state index in [1.807, 2.05) is 0 Å². The van der Waals surface area contributed by atoms with Crippen LogP contribution >= 0.6 is 0 Å². The number of hydrogen-bond acceptors (Lipinski definition) is 7. The number of primary amides is 1. The van der Waals surface area contributed by atoms with E-state index in [0.717, 1.165) is 4.57 Å². The molecule has 0 radical (unpaired) electrons. The zero-order chi connectivity index (χ0) is 26.3. The number of halogens is 4. The van der Waals surface area contributed by atoms with Crippen LogP contribution in [0.5, 0.6) is 0 Å². The van der Waals surface area contributed by atoms with Crippen molar-refractivity contribution in [1.29, 1.82) is 0 Å². The Balaban J connectivity index is 1.79. The molecule has 1 aromatic carbocycles. The van der Waals surface area contributed by atoms with Gasteiger partial charge in [-0.25, -0.2) is 9.18 Å². The standard InChI is InChI=1S/C23H27F4N5O4/c1-22(2,3)18(35-21(28)33)20-30-19(31-36-20)17-9-12-14(29-15-7-8-34-10-13(15)24)5-4-6-16(12)32(17)11-23(25,26)27/h4-6,9,13,15,18,29H,7-8,10-11H2,1-3H3,(H2,28,33)/t13-,15+,18?/m1/s1. The maximum Gasteiger partial charge on any atom is 0.406 e. The van der Waals surface area contributed by atoms with E-state index in [1.165, 1.54) is 12.1 Å². The number of carbonyl (C=O) groups is 1. The number of hydrogen-bond donors (Lipinski definition) is 2. The average molecular weight is 513 g/mol. The van der Waals surface area contributed by atoms with Gasteiger partial charge in [0.25, 0.3) is 5.89 Å². The summed E-state index contributed by atoms with van der Waals surface area (Å²) in [4.78, 5) is 15.6. The second kappa shape index (κ2) is 9.60. The van der Waals surface area contributed by atoms with Gasteiger partial charge in [-0.3, -0.25) is 0 Å². The molecule has 13 heteroatoms. The number of rotatable bonds is 6. The minimum atomic E-state index is -4.55. The zero-order valence-corrected chi connectivity index (χ0v) is 19.9. The molecule has 1 unspecified atom stereocenters. The number of nitrogens with two attached hydrogens (primary N) is 1. The van der Waals surface area contributed by atoms with E-state index in [-0.39, 0.29) is 29.5 Å². The molecule has 3 N–H and O–H groups in total. The Kier molecular flexibility index (Phi) is 6.86. The number of benzene rings is 1. The number of ether oxygens (including phenoxy) is 2. The predicted molar refractivity (Wildman–Crippen MR) is 122 cm³/mol. The first kappa shape index (κ1) is 25.7. The van der Waals surface area contributed by atoms with Gasteiger partial charge in [0.15, 0.2) is 6.10 Å². The van der Waals surface area contributed by atoms with Gasteiger partial charge in [0, 0.05) is 23.1 Å². The van der Waals surface area contributed by atoms with E-state index >= 15 is 0 Å². The quantitative estimate of drug-likeness (QED) is 0.447. The Bertz CT molecular complexity index is 1230. The number of carbonyl (C=O) groups excluding carboxylic acids is 1. The summed E-state index contributed by atoms with van der Waals surface area (Å²) in [6, 6.07) is 5.73. The fourth-order valence-electron chi connectivity index (χ4n) is 4.17. The molecule has 4 rings (SSSR count).